The molecule has 3 aliphatic rings. The van der Waals surface area contributed by atoms with Gasteiger partial charge in [-0.25, -0.2) is 9.97 Å². The van der Waals surface area contributed by atoms with Crippen LogP contribution in [0.1, 0.15) is 31.9 Å². The van der Waals surface area contributed by atoms with Crippen molar-refractivity contribution in [2.45, 2.75) is 42.7 Å². The SMILES string of the molecule is C[C@H]1CCCCN1c1nc(N2C[C@@H]3[C@@H](CSc4nc5ccccc5s4)[C@@H]3C2)cc(C(F)(F)F)n1. The second-order valence-corrected chi connectivity index (χ2v) is 11.9. The van der Waals surface area contributed by atoms with Gasteiger partial charge in [-0.3, -0.25) is 0 Å². The van der Waals surface area contributed by atoms with Crippen molar-refractivity contribution in [1.82, 2.24) is 15.0 Å². The highest BCUT2D eigenvalue weighted by Gasteiger charge is 2.55. The van der Waals surface area contributed by atoms with Crippen LogP contribution < -0.4 is 9.80 Å². The van der Waals surface area contributed by atoms with Gasteiger partial charge in [0.05, 0.1) is 10.2 Å². The maximum Gasteiger partial charge on any atom is 0.433 e. The Morgan fingerprint density at radius 2 is 1.88 bits per heavy atom. The summed E-state index contributed by atoms with van der Waals surface area (Å²) in [5, 5.41) is 0. The molecule has 1 saturated carbocycles. The summed E-state index contributed by atoms with van der Waals surface area (Å²) in [5.74, 6) is 3.28. The molecule has 0 unspecified atom stereocenters. The zero-order valence-corrected chi connectivity index (χ0v) is 20.5. The molecule has 4 atom stereocenters. The van der Waals surface area contributed by atoms with Gasteiger partial charge in [-0.1, -0.05) is 23.9 Å². The fourth-order valence-electron chi connectivity index (χ4n) is 5.42. The van der Waals surface area contributed by atoms with E-state index in [9.17, 15) is 13.2 Å². The number of piperidine rings is 2. The van der Waals surface area contributed by atoms with Crippen molar-refractivity contribution in [3.05, 3.63) is 36.0 Å². The molecule has 3 aromatic rings. The van der Waals surface area contributed by atoms with E-state index in [0.717, 1.165) is 54.0 Å². The molecule has 6 rings (SSSR count). The minimum Gasteiger partial charge on any atom is -0.356 e. The molecule has 2 aliphatic heterocycles. The second kappa shape index (κ2) is 8.55. The molecule has 34 heavy (non-hydrogen) atoms. The molecule has 0 N–H and O–H groups in total. The van der Waals surface area contributed by atoms with E-state index in [1.165, 1.54) is 4.70 Å². The summed E-state index contributed by atoms with van der Waals surface area (Å²) < 4.78 is 43.2. The number of benzene rings is 1. The number of thiazole rings is 1. The predicted octanol–water partition coefficient (Wildman–Crippen LogP) is 5.96. The van der Waals surface area contributed by atoms with Crippen LogP contribution in [0.2, 0.25) is 0 Å². The summed E-state index contributed by atoms with van der Waals surface area (Å²) in [6, 6.07) is 9.45. The molecule has 0 amide bonds. The van der Waals surface area contributed by atoms with E-state index in [4.69, 9.17) is 4.98 Å². The van der Waals surface area contributed by atoms with Crippen molar-refractivity contribution < 1.29 is 13.2 Å². The summed E-state index contributed by atoms with van der Waals surface area (Å²) in [6.45, 7) is 4.28. The number of alkyl halides is 3. The molecule has 3 fully saturated rings. The Kier molecular flexibility index (Phi) is 5.63. The Labute approximate surface area is 204 Å². The first-order chi connectivity index (χ1) is 16.4. The van der Waals surface area contributed by atoms with Gasteiger partial charge in [0.1, 0.15) is 5.82 Å². The predicted molar refractivity (Wildman–Crippen MR) is 131 cm³/mol. The number of nitrogens with zero attached hydrogens (tertiary/aromatic N) is 5. The number of para-hydroxylation sites is 1. The Morgan fingerprint density at radius 3 is 2.62 bits per heavy atom. The van der Waals surface area contributed by atoms with E-state index in [2.05, 4.69) is 16.0 Å². The molecule has 180 valence electrons. The van der Waals surface area contributed by atoms with E-state index in [1.54, 1.807) is 23.1 Å². The smallest absolute Gasteiger partial charge is 0.356 e. The van der Waals surface area contributed by atoms with E-state index >= 15 is 0 Å². The largest absolute Gasteiger partial charge is 0.433 e. The first-order valence-corrected chi connectivity index (χ1v) is 13.6. The maximum absolute atomic E-state index is 13.7. The van der Waals surface area contributed by atoms with Crippen LogP contribution in [0.3, 0.4) is 0 Å². The van der Waals surface area contributed by atoms with Crippen LogP contribution >= 0.6 is 23.1 Å². The first kappa shape index (κ1) is 22.4. The van der Waals surface area contributed by atoms with Crippen LogP contribution in [0.4, 0.5) is 24.9 Å². The fraction of sp³-hybridized carbons (Fsp3) is 0.542. The third-order valence-corrected chi connectivity index (χ3v) is 9.74. The molecular weight excluding hydrogens is 479 g/mol. The topological polar surface area (TPSA) is 45.2 Å². The van der Waals surface area contributed by atoms with Gasteiger partial charge in [0.2, 0.25) is 5.95 Å². The number of rotatable bonds is 5. The van der Waals surface area contributed by atoms with Gasteiger partial charge >= 0.3 is 6.18 Å². The Morgan fingerprint density at radius 1 is 1.09 bits per heavy atom. The monoisotopic (exact) mass is 505 g/mol. The van der Waals surface area contributed by atoms with Gasteiger partial charge in [0, 0.05) is 37.5 Å². The lowest BCUT2D eigenvalue weighted by atomic mass is 10.0. The standard InChI is InChI=1S/C24H26F3N5S2/c1-14-6-4-5-9-32(14)22-29-20(24(25,26)27)10-21(30-22)31-11-15-16(12-31)17(15)13-33-23-28-18-7-2-3-8-19(18)34-23/h2-3,7-8,10,14-17H,4-6,9,11-13H2,1H3/t14-,15-,16+,17+/m0/s1. The average Bonchev–Trinajstić information content (AvgIpc) is 3.15. The van der Waals surface area contributed by atoms with Crippen LogP contribution in [0.15, 0.2) is 34.7 Å². The second-order valence-electron chi connectivity index (χ2n) is 9.60. The summed E-state index contributed by atoms with van der Waals surface area (Å²) in [7, 11) is 0. The van der Waals surface area contributed by atoms with Crippen LogP contribution in [0.25, 0.3) is 10.2 Å². The fourth-order valence-corrected chi connectivity index (χ4v) is 7.82. The lowest BCUT2D eigenvalue weighted by molar-refractivity contribution is -0.141. The van der Waals surface area contributed by atoms with Crippen molar-refractivity contribution in [2.75, 3.05) is 35.2 Å². The summed E-state index contributed by atoms with van der Waals surface area (Å²) in [6.07, 6.45) is -1.47. The van der Waals surface area contributed by atoms with E-state index in [0.29, 0.717) is 30.1 Å². The molecule has 2 saturated heterocycles. The molecule has 5 nitrogen and oxygen atoms in total. The summed E-state index contributed by atoms with van der Waals surface area (Å²) >= 11 is 3.53. The quantitative estimate of drug-likeness (QED) is 0.399. The summed E-state index contributed by atoms with van der Waals surface area (Å²) in [4.78, 5) is 17.2. The minimum atomic E-state index is -4.48. The molecule has 1 aromatic carbocycles. The number of hydrogen-bond acceptors (Lipinski definition) is 7. The molecule has 4 heterocycles. The Bertz CT molecular complexity index is 1150. The van der Waals surface area contributed by atoms with Crippen LogP contribution in [0.5, 0.6) is 0 Å². The number of anilines is 2. The molecule has 1 aliphatic carbocycles. The molecule has 0 spiro atoms. The number of halogens is 3. The number of hydrogen-bond donors (Lipinski definition) is 0. The Balaban J connectivity index is 1.14. The van der Waals surface area contributed by atoms with Gasteiger partial charge in [0.25, 0.3) is 0 Å². The van der Waals surface area contributed by atoms with E-state index in [-0.39, 0.29) is 12.0 Å². The van der Waals surface area contributed by atoms with Gasteiger partial charge in [0.15, 0.2) is 10.0 Å². The van der Waals surface area contributed by atoms with Gasteiger partial charge in [-0.2, -0.15) is 18.2 Å². The van der Waals surface area contributed by atoms with Crippen molar-refractivity contribution in [3.63, 3.8) is 0 Å². The summed E-state index contributed by atoms with van der Waals surface area (Å²) in [5.41, 5.74) is 0.203. The van der Waals surface area contributed by atoms with Crippen molar-refractivity contribution >= 4 is 45.1 Å². The normalized spacial score (nSPS) is 26.8. The maximum atomic E-state index is 13.7. The van der Waals surface area contributed by atoms with Gasteiger partial charge < -0.3 is 9.80 Å². The van der Waals surface area contributed by atoms with Gasteiger partial charge in [-0.15, -0.1) is 11.3 Å². The number of aromatic nitrogens is 3. The lowest BCUT2D eigenvalue weighted by Gasteiger charge is -2.34. The molecule has 2 aromatic heterocycles. The minimum absolute atomic E-state index is 0.154. The van der Waals surface area contributed by atoms with Crippen molar-refractivity contribution in [2.24, 2.45) is 17.8 Å². The highest BCUT2D eigenvalue weighted by atomic mass is 32.2. The molecule has 0 bridgehead atoms. The first-order valence-electron chi connectivity index (χ1n) is 11.8. The lowest BCUT2D eigenvalue weighted by Crippen LogP contribution is -2.39. The number of fused-ring (bicyclic) bond motifs is 2. The van der Waals surface area contributed by atoms with Crippen molar-refractivity contribution in [3.8, 4) is 0 Å². The molecular formula is C24H26F3N5S2. The van der Waals surface area contributed by atoms with Crippen molar-refractivity contribution in [1.29, 1.82) is 0 Å². The average molecular weight is 506 g/mol. The highest BCUT2D eigenvalue weighted by molar-refractivity contribution is 8.01. The third kappa shape index (κ3) is 4.23. The van der Waals surface area contributed by atoms with Gasteiger partial charge in [-0.05, 0) is 56.1 Å². The van der Waals surface area contributed by atoms with E-state index in [1.807, 2.05) is 34.9 Å². The zero-order valence-electron chi connectivity index (χ0n) is 18.8. The molecule has 10 heteroatoms. The Hall–Kier alpha value is -2.07. The van der Waals surface area contributed by atoms with Crippen LogP contribution in [-0.2, 0) is 6.18 Å². The highest BCUT2D eigenvalue weighted by Crippen LogP contribution is 2.54. The van der Waals surface area contributed by atoms with Crippen LogP contribution in [0, 0.1) is 17.8 Å². The third-order valence-electron chi connectivity index (χ3n) is 7.42. The zero-order chi connectivity index (χ0) is 23.4. The number of thioether (sulfide) groups is 1. The van der Waals surface area contributed by atoms with E-state index < -0.39 is 11.9 Å². The van der Waals surface area contributed by atoms with Crippen LogP contribution in [-0.4, -0.2) is 46.4 Å². The molecule has 0 radical (unpaired) electrons.